The molecule has 0 atom stereocenters. The van der Waals surface area contributed by atoms with Gasteiger partial charge in [0.2, 0.25) is 0 Å². The Hall–Kier alpha value is -2.08. The Bertz CT molecular complexity index is 583. The molecule has 0 spiro atoms. The van der Waals surface area contributed by atoms with Crippen molar-refractivity contribution in [2.24, 2.45) is 5.73 Å². The normalized spacial score (nSPS) is 10.1. The Labute approximate surface area is 109 Å². The maximum absolute atomic E-state index is 13.3. The lowest BCUT2D eigenvalue weighted by atomic mass is 10.2. The van der Waals surface area contributed by atoms with Gasteiger partial charge < -0.3 is 11.1 Å². The van der Waals surface area contributed by atoms with E-state index in [9.17, 15) is 4.39 Å². The predicted octanol–water partition coefficient (Wildman–Crippen LogP) is 2.30. The lowest BCUT2D eigenvalue weighted by Gasteiger charge is -2.09. The Morgan fingerprint density at radius 3 is 2.72 bits per heavy atom. The van der Waals surface area contributed by atoms with Crippen LogP contribution >= 0.6 is 12.2 Å². The quantitative estimate of drug-likeness (QED) is 0.831. The molecule has 3 N–H and O–H groups in total. The van der Waals surface area contributed by atoms with Gasteiger partial charge in [-0.15, -0.1) is 0 Å². The molecular formula is C12H11FN4S. The van der Waals surface area contributed by atoms with Crippen molar-refractivity contribution in [1.29, 1.82) is 0 Å². The highest BCUT2D eigenvalue weighted by molar-refractivity contribution is 7.80. The first-order chi connectivity index (χ1) is 8.58. The molecule has 1 heterocycles. The number of halogens is 1. The van der Waals surface area contributed by atoms with Gasteiger partial charge in [0.15, 0.2) is 0 Å². The van der Waals surface area contributed by atoms with E-state index in [-0.39, 0.29) is 10.8 Å². The van der Waals surface area contributed by atoms with Crippen molar-refractivity contribution in [3.8, 4) is 0 Å². The number of aromatic nitrogens is 2. The number of hydrogen-bond donors (Lipinski definition) is 2. The third-order valence-corrected chi connectivity index (χ3v) is 2.64. The Morgan fingerprint density at radius 1 is 1.33 bits per heavy atom. The van der Waals surface area contributed by atoms with E-state index in [0.717, 1.165) is 0 Å². The lowest BCUT2D eigenvalue weighted by Crippen LogP contribution is -2.12. The Kier molecular flexibility index (Phi) is 3.47. The summed E-state index contributed by atoms with van der Waals surface area (Å²) in [4.78, 5) is 8.33. The highest BCUT2D eigenvalue weighted by Crippen LogP contribution is 2.20. The molecule has 4 nitrogen and oxygen atoms in total. The van der Waals surface area contributed by atoms with E-state index in [4.69, 9.17) is 18.0 Å². The minimum Gasteiger partial charge on any atom is -0.388 e. The topological polar surface area (TPSA) is 63.8 Å². The maximum atomic E-state index is 13.3. The van der Waals surface area contributed by atoms with Gasteiger partial charge in [-0.3, -0.25) is 0 Å². The fourth-order valence-corrected chi connectivity index (χ4v) is 1.51. The van der Waals surface area contributed by atoms with Crippen molar-refractivity contribution < 1.29 is 4.39 Å². The van der Waals surface area contributed by atoms with Crippen LogP contribution in [0.1, 0.15) is 11.3 Å². The van der Waals surface area contributed by atoms with Crippen molar-refractivity contribution in [3.63, 3.8) is 0 Å². The van der Waals surface area contributed by atoms with Crippen LogP contribution in [0.3, 0.4) is 0 Å². The molecular weight excluding hydrogens is 251 g/mol. The summed E-state index contributed by atoms with van der Waals surface area (Å²) in [5.74, 6) is 0.233. The van der Waals surface area contributed by atoms with E-state index in [1.54, 1.807) is 19.1 Å². The number of rotatable bonds is 3. The molecule has 0 unspecified atom stereocenters. The summed E-state index contributed by atoms with van der Waals surface area (Å²) < 4.78 is 13.3. The summed E-state index contributed by atoms with van der Waals surface area (Å²) in [7, 11) is 0. The number of nitrogens with one attached hydrogen (secondary N) is 1. The molecule has 0 aliphatic rings. The van der Waals surface area contributed by atoms with Gasteiger partial charge in [0.1, 0.15) is 22.3 Å². The van der Waals surface area contributed by atoms with Crippen LogP contribution in [-0.2, 0) is 0 Å². The summed E-state index contributed by atoms with van der Waals surface area (Å²) >= 11 is 4.78. The van der Waals surface area contributed by atoms with E-state index in [0.29, 0.717) is 22.8 Å². The summed E-state index contributed by atoms with van der Waals surface area (Å²) in [6, 6.07) is 4.80. The molecule has 0 radical (unpaired) electrons. The van der Waals surface area contributed by atoms with Crippen LogP contribution in [0.25, 0.3) is 0 Å². The molecule has 2 aromatic rings. The van der Waals surface area contributed by atoms with Gasteiger partial charge in [0.25, 0.3) is 0 Å². The molecule has 1 aromatic heterocycles. The van der Waals surface area contributed by atoms with Crippen LogP contribution in [0, 0.1) is 12.7 Å². The SMILES string of the molecule is Cc1c(F)cccc1Nc1cnc(C(N)=S)cn1. The molecule has 2 rings (SSSR count). The van der Waals surface area contributed by atoms with E-state index >= 15 is 0 Å². The Morgan fingerprint density at radius 2 is 2.11 bits per heavy atom. The first kappa shape index (κ1) is 12.4. The van der Waals surface area contributed by atoms with Gasteiger partial charge in [-0.2, -0.15) is 0 Å². The number of benzene rings is 1. The average Bonchev–Trinajstić information content (AvgIpc) is 2.36. The fourth-order valence-electron chi connectivity index (χ4n) is 1.40. The third-order valence-electron chi connectivity index (χ3n) is 2.43. The standard InChI is InChI=1S/C12H11FN4S/c1-7-8(13)3-2-4-9(7)17-11-6-15-10(5-16-11)12(14)18/h2-6H,1H3,(H2,14,18)(H,16,17). The zero-order valence-corrected chi connectivity index (χ0v) is 10.5. The summed E-state index contributed by atoms with van der Waals surface area (Å²) in [5, 5.41) is 2.98. The zero-order chi connectivity index (χ0) is 13.1. The molecule has 1 aromatic carbocycles. The maximum Gasteiger partial charge on any atom is 0.148 e. The molecule has 0 aliphatic heterocycles. The summed E-state index contributed by atoms with van der Waals surface area (Å²) in [6.07, 6.45) is 2.97. The van der Waals surface area contributed by atoms with Gasteiger partial charge in [-0.25, -0.2) is 14.4 Å². The van der Waals surface area contributed by atoms with Crippen molar-refractivity contribution >= 4 is 28.7 Å². The molecule has 0 bridgehead atoms. The van der Waals surface area contributed by atoms with E-state index in [1.165, 1.54) is 18.5 Å². The van der Waals surface area contributed by atoms with Crippen LogP contribution in [-0.4, -0.2) is 15.0 Å². The van der Waals surface area contributed by atoms with Gasteiger partial charge in [0, 0.05) is 11.3 Å². The number of hydrogen-bond acceptors (Lipinski definition) is 4. The molecule has 6 heteroatoms. The van der Waals surface area contributed by atoms with Gasteiger partial charge >= 0.3 is 0 Å². The minimum atomic E-state index is -0.271. The van der Waals surface area contributed by atoms with Crippen LogP contribution in [0.15, 0.2) is 30.6 Å². The highest BCUT2D eigenvalue weighted by atomic mass is 32.1. The highest BCUT2D eigenvalue weighted by Gasteiger charge is 2.05. The summed E-state index contributed by atoms with van der Waals surface area (Å²) in [5.41, 5.74) is 7.04. The number of anilines is 2. The smallest absolute Gasteiger partial charge is 0.148 e. The average molecular weight is 262 g/mol. The second-order valence-electron chi connectivity index (χ2n) is 3.69. The molecule has 0 fully saturated rings. The van der Waals surface area contributed by atoms with E-state index < -0.39 is 0 Å². The number of nitrogens with two attached hydrogens (primary N) is 1. The Balaban J connectivity index is 2.24. The van der Waals surface area contributed by atoms with Crippen LogP contribution < -0.4 is 11.1 Å². The van der Waals surface area contributed by atoms with Gasteiger partial charge in [0.05, 0.1) is 12.4 Å². The van der Waals surface area contributed by atoms with Crippen LogP contribution in [0.2, 0.25) is 0 Å². The third kappa shape index (κ3) is 2.60. The monoisotopic (exact) mass is 262 g/mol. The lowest BCUT2D eigenvalue weighted by molar-refractivity contribution is 0.619. The number of thiocarbonyl (C=S) groups is 1. The molecule has 0 amide bonds. The van der Waals surface area contributed by atoms with Crippen molar-refractivity contribution in [1.82, 2.24) is 9.97 Å². The largest absolute Gasteiger partial charge is 0.388 e. The van der Waals surface area contributed by atoms with Crippen LogP contribution in [0.5, 0.6) is 0 Å². The van der Waals surface area contributed by atoms with Gasteiger partial charge in [-0.1, -0.05) is 18.3 Å². The first-order valence-corrected chi connectivity index (χ1v) is 5.63. The van der Waals surface area contributed by atoms with E-state index in [2.05, 4.69) is 15.3 Å². The fraction of sp³-hybridized carbons (Fsp3) is 0.0833. The molecule has 0 saturated heterocycles. The van der Waals surface area contributed by atoms with Gasteiger partial charge in [-0.05, 0) is 19.1 Å². The minimum absolute atomic E-state index is 0.191. The van der Waals surface area contributed by atoms with Crippen molar-refractivity contribution in [2.45, 2.75) is 6.92 Å². The first-order valence-electron chi connectivity index (χ1n) is 5.22. The number of nitrogens with zero attached hydrogens (tertiary/aromatic N) is 2. The van der Waals surface area contributed by atoms with E-state index in [1.807, 2.05) is 0 Å². The molecule has 0 saturated carbocycles. The van der Waals surface area contributed by atoms with Crippen molar-refractivity contribution in [2.75, 3.05) is 5.32 Å². The summed E-state index contributed by atoms with van der Waals surface area (Å²) in [6.45, 7) is 1.69. The van der Waals surface area contributed by atoms with Crippen molar-refractivity contribution in [3.05, 3.63) is 47.7 Å². The molecule has 92 valence electrons. The molecule has 0 aliphatic carbocycles. The molecule has 18 heavy (non-hydrogen) atoms. The predicted molar refractivity (Wildman–Crippen MR) is 72.3 cm³/mol. The zero-order valence-electron chi connectivity index (χ0n) is 9.64. The second-order valence-corrected chi connectivity index (χ2v) is 4.13. The second kappa shape index (κ2) is 5.05. The van der Waals surface area contributed by atoms with Crippen LogP contribution in [0.4, 0.5) is 15.9 Å².